The summed E-state index contributed by atoms with van der Waals surface area (Å²) in [5.74, 6) is -0.285. The minimum atomic E-state index is -0.864. The van der Waals surface area contributed by atoms with Gasteiger partial charge < -0.3 is 31.4 Å². The molecule has 2 amide bonds. The summed E-state index contributed by atoms with van der Waals surface area (Å²) < 4.78 is 13.0. The number of carbonyl (C=O) groups is 2. The van der Waals surface area contributed by atoms with Crippen LogP contribution in [0.25, 0.3) is 0 Å². The van der Waals surface area contributed by atoms with Gasteiger partial charge in [-0.05, 0) is 62.2 Å². The second kappa shape index (κ2) is 12.8. The molecule has 0 radical (unpaired) electrons. The smallest absolute Gasteiger partial charge is 0.404 e. The largest absolute Gasteiger partial charge is 0.481 e. The molecule has 0 aromatic carbocycles. The molecule has 38 heavy (non-hydrogen) atoms. The number of rotatable bonds is 12. The number of carbonyl (C=O) groups excluding carboxylic acids is 2. The van der Waals surface area contributed by atoms with Gasteiger partial charge in [-0.2, -0.15) is 0 Å². The van der Waals surface area contributed by atoms with E-state index in [1.807, 2.05) is 0 Å². The van der Waals surface area contributed by atoms with E-state index in [0.717, 1.165) is 12.8 Å². The van der Waals surface area contributed by atoms with Crippen LogP contribution in [0.2, 0.25) is 0 Å². The lowest BCUT2D eigenvalue weighted by molar-refractivity contribution is -0.525. The zero-order valence-corrected chi connectivity index (χ0v) is 23.7. The molecule has 4 aliphatic rings. The van der Waals surface area contributed by atoms with Crippen LogP contribution in [0.15, 0.2) is 4.99 Å². The number of nitrogens with one attached hydrogen (secondary N) is 3. The molecular formula is C23H43BClN7O6. The van der Waals surface area contributed by atoms with Gasteiger partial charge >= 0.3 is 7.12 Å². The highest BCUT2D eigenvalue weighted by atomic mass is 35.5. The van der Waals surface area contributed by atoms with E-state index in [4.69, 9.17) is 20.8 Å². The lowest BCUT2D eigenvalue weighted by Gasteiger charge is -2.64. The molecule has 1 saturated heterocycles. The van der Waals surface area contributed by atoms with Crippen LogP contribution in [-0.2, 0) is 18.9 Å². The predicted octanol–water partition coefficient (Wildman–Crippen LogP) is 0.526. The number of guanidine groups is 1. The third-order valence-electron chi connectivity index (χ3n) is 8.33. The number of nitrogens with zero attached hydrogens (tertiary/aromatic N) is 2. The summed E-state index contributed by atoms with van der Waals surface area (Å²) in [6.45, 7) is 10.7. The Balaban J connectivity index is 0.00000507. The first-order valence-electron chi connectivity index (χ1n) is 13.1. The summed E-state index contributed by atoms with van der Waals surface area (Å²) in [6, 6.07) is -0.864. The van der Waals surface area contributed by atoms with Crippen LogP contribution >= 0.6 is 12.4 Å². The second-order valence-corrected chi connectivity index (χ2v) is 11.7. The van der Waals surface area contributed by atoms with Crippen molar-refractivity contribution in [3.05, 3.63) is 10.1 Å². The highest BCUT2D eigenvalue weighted by Gasteiger charge is 2.68. The van der Waals surface area contributed by atoms with Crippen molar-refractivity contribution < 1.29 is 23.9 Å². The monoisotopic (exact) mass is 559 g/mol. The maximum absolute atomic E-state index is 13.3. The molecule has 3 saturated carbocycles. The molecule has 15 heteroatoms. The molecule has 0 aromatic heterocycles. The van der Waals surface area contributed by atoms with Crippen molar-refractivity contribution in [2.24, 2.45) is 39.6 Å². The topological polar surface area (TPSA) is 196 Å². The molecule has 2 bridgehead atoms. The van der Waals surface area contributed by atoms with Crippen molar-refractivity contribution in [3.63, 3.8) is 0 Å². The van der Waals surface area contributed by atoms with Gasteiger partial charge in [0, 0.05) is 6.54 Å². The Morgan fingerprint density at radius 2 is 1.92 bits per heavy atom. The van der Waals surface area contributed by atoms with Crippen LogP contribution in [-0.4, -0.2) is 66.7 Å². The molecule has 0 aromatic rings. The molecule has 13 nitrogen and oxygen atoms in total. The van der Waals surface area contributed by atoms with Crippen molar-refractivity contribution in [2.45, 2.75) is 90.4 Å². The number of amides is 2. The molecule has 4 rings (SSSR count). The summed E-state index contributed by atoms with van der Waals surface area (Å²) in [6.07, 6.45) is 3.31. The van der Waals surface area contributed by atoms with Gasteiger partial charge in [-0.25, -0.2) is 15.1 Å². The summed E-state index contributed by atoms with van der Waals surface area (Å²) in [5.41, 5.74) is 12.5. The van der Waals surface area contributed by atoms with Gasteiger partial charge in [-0.3, -0.25) is 9.59 Å². The van der Waals surface area contributed by atoms with Crippen LogP contribution in [0.5, 0.6) is 0 Å². The van der Waals surface area contributed by atoms with E-state index < -0.39 is 35.6 Å². The fourth-order valence-electron chi connectivity index (χ4n) is 6.25. The average molecular weight is 560 g/mol. The Labute approximate surface area is 230 Å². The van der Waals surface area contributed by atoms with E-state index in [0.29, 0.717) is 24.7 Å². The Morgan fingerprint density at radius 1 is 1.24 bits per heavy atom. The molecule has 0 spiro atoms. The molecule has 4 fully saturated rings. The fraction of sp³-hybridized carbons (Fsp3) is 0.870. The van der Waals surface area contributed by atoms with Crippen molar-refractivity contribution in [2.75, 3.05) is 13.1 Å². The molecule has 1 aliphatic heterocycles. The molecule has 1 heterocycles. The van der Waals surface area contributed by atoms with E-state index in [-0.39, 0.29) is 61.2 Å². The number of halogens is 1. The number of hydrogen-bond acceptors (Lipinski definition) is 8. The van der Waals surface area contributed by atoms with Gasteiger partial charge in [0.2, 0.25) is 11.8 Å². The van der Waals surface area contributed by atoms with Crippen molar-refractivity contribution in [1.29, 1.82) is 0 Å². The molecule has 0 unspecified atom stereocenters. The lowest BCUT2D eigenvalue weighted by Crippen LogP contribution is -2.65. The quantitative estimate of drug-likeness (QED) is 0.0565. The molecule has 3 aliphatic carbocycles. The first kappa shape index (κ1) is 32.1. The number of nitrogens with two attached hydrogens (primary N) is 2. The first-order valence-corrected chi connectivity index (χ1v) is 13.1. The van der Waals surface area contributed by atoms with Crippen molar-refractivity contribution in [3.8, 4) is 0 Å². The van der Waals surface area contributed by atoms with Gasteiger partial charge in [-0.1, -0.05) is 33.1 Å². The van der Waals surface area contributed by atoms with Gasteiger partial charge in [0.15, 0.2) is 5.03 Å². The third kappa shape index (κ3) is 7.07. The molecule has 216 valence electrons. The van der Waals surface area contributed by atoms with E-state index in [1.54, 1.807) is 5.43 Å². The SMILES string of the molecule is CC(C)C[C@H](NC(=O)[C@H](CCCN=C(N)N[N+](=O)[O-])NC(=O)CN)B1O[C@@H]2C[C@@H]3C[C@@H](C3(C)C)[C@]2(C)O1.Cl. The number of hydrogen-bond donors (Lipinski definition) is 5. The van der Waals surface area contributed by atoms with Crippen LogP contribution < -0.4 is 27.5 Å². The van der Waals surface area contributed by atoms with Gasteiger partial charge in [-0.15, -0.1) is 12.4 Å². The Bertz CT molecular complexity index is 909. The van der Waals surface area contributed by atoms with Crippen LogP contribution in [0.4, 0.5) is 0 Å². The van der Waals surface area contributed by atoms with E-state index >= 15 is 0 Å². The van der Waals surface area contributed by atoms with Crippen LogP contribution in [0, 0.1) is 33.3 Å². The van der Waals surface area contributed by atoms with Crippen LogP contribution in [0.1, 0.15) is 66.7 Å². The summed E-state index contributed by atoms with van der Waals surface area (Å²) in [7, 11) is -0.583. The normalized spacial score (nSPS) is 28.9. The van der Waals surface area contributed by atoms with E-state index in [2.05, 4.69) is 50.2 Å². The Hall–Kier alpha value is -2.16. The molecular weight excluding hydrogens is 517 g/mol. The highest BCUT2D eigenvalue weighted by Crippen LogP contribution is 2.65. The van der Waals surface area contributed by atoms with E-state index in [1.165, 1.54) is 0 Å². The second-order valence-electron chi connectivity index (χ2n) is 11.7. The maximum Gasteiger partial charge on any atom is 0.481 e. The number of nitro groups is 1. The lowest BCUT2D eigenvalue weighted by atomic mass is 9.43. The Kier molecular flexibility index (Phi) is 10.8. The minimum absolute atomic E-state index is 0. The first-order chi connectivity index (χ1) is 17.3. The standard InChI is InChI=1S/C23H42BN7O6.ClH/c1-13(2)9-18(24-36-17-11-14-10-16(22(14,3)4)23(17,5)37-24)29-20(33)15(28-19(32)12-25)7-6-8-27-21(26)30-31(34)35;/h13-18H,6-12,25H2,1-5H3,(H,28,32)(H,29,33)(H3,26,27,30);1H/t14-,15-,16-,17+,18-,23-;/m0./s1. The predicted molar refractivity (Wildman–Crippen MR) is 146 cm³/mol. The van der Waals surface area contributed by atoms with Crippen LogP contribution in [0.3, 0.4) is 0 Å². The van der Waals surface area contributed by atoms with Gasteiger partial charge in [0.25, 0.3) is 5.96 Å². The number of aliphatic imine (C=N–C) groups is 1. The van der Waals surface area contributed by atoms with Crippen molar-refractivity contribution in [1.82, 2.24) is 16.1 Å². The zero-order chi connectivity index (χ0) is 27.5. The zero-order valence-electron chi connectivity index (χ0n) is 22.9. The molecule has 6 atom stereocenters. The van der Waals surface area contributed by atoms with Gasteiger partial charge in [0.1, 0.15) is 6.04 Å². The van der Waals surface area contributed by atoms with Gasteiger partial charge in [0.05, 0.1) is 24.2 Å². The highest BCUT2D eigenvalue weighted by molar-refractivity contribution is 6.48. The summed E-state index contributed by atoms with van der Waals surface area (Å²) in [5, 5.41) is 15.4. The number of hydrazine groups is 1. The fourth-order valence-corrected chi connectivity index (χ4v) is 6.25. The third-order valence-corrected chi connectivity index (χ3v) is 8.33. The maximum atomic E-state index is 13.3. The van der Waals surface area contributed by atoms with Crippen molar-refractivity contribution >= 4 is 37.3 Å². The minimum Gasteiger partial charge on any atom is -0.404 e. The summed E-state index contributed by atoms with van der Waals surface area (Å²) in [4.78, 5) is 39.7. The van der Waals surface area contributed by atoms with E-state index in [9.17, 15) is 19.7 Å². The molecule has 7 N–H and O–H groups in total. The summed E-state index contributed by atoms with van der Waals surface area (Å²) >= 11 is 0. The Morgan fingerprint density at radius 3 is 2.50 bits per heavy atom. The average Bonchev–Trinajstić information content (AvgIpc) is 3.16.